The minimum Gasteiger partial charge on any atom is -0.872 e. The Morgan fingerprint density at radius 2 is 1.46 bits per heavy atom. The van der Waals surface area contributed by atoms with Crippen LogP contribution in [0.5, 0.6) is 5.75 Å². The van der Waals surface area contributed by atoms with Crippen LogP contribution in [0.1, 0.15) is 6.92 Å². The van der Waals surface area contributed by atoms with E-state index in [-0.39, 0.29) is 5.75 Å². The van der Waals surface area contributed by atoms with E-state index in [1.807, 2.05) is 6.07 Å². The smallest absolute Gasteiger partial charge is 0.0751 e. The minimum absolute atomic E-state index is 0.0718. The van der Waals surface area contributed by atoms with Gasteiger partial charge >= 0.3 is 0 Å². The summed E-state index contributed by atoms with van der Waals surface area (Å²) < 4.78 is 1.07. The minimum atomic E-state index is 0.0718. The zero-order valence-corrected chi connectivity index (χ0v) is 8.95. The number of hydrogen-bond donors (Lipinski definition) is 0. The maximum absolute atomic E-state index is 10.3. The first-order valence-corrected chi connectivity index (χ1v) is 4.48. The number of rotatable bonds is 1. The summed E-state index contributed by atoms with van der Waals surface area (Å²) in [6, 6.07) is 8.33. The van der Waals surface area contributed by atoms with E-state index in [0.717, 1.165) is 4.48 Å². The summed E-state index contributed by atoms with van der Waals surface area (Å²) in [6.07, 6.45) is 0. The van der Waals surface area contributed by atoms with Crippen molar-refractivity contribution >= 4 is 0 Å². The van der Waals surface area contributed by atoms with Gasteiger partial charge in [0, 0.05) is 0 Å². The molecule has 0 aliphatic rings. The number of para-hydroxylation sites is 1. The molecule has 0 saturated heterocycles. The van der Waals surface area contributed by atoms with Crippen molar-refractivity contribution in [2.24, 2.45) is 0 Å². The molecule has 0 aromatic heterocycles. The SMILES string of the molecule is CC[N+](C)(C)C.[O-]c1ccccc1. The lowest BCUT2D eigenvalue weighted by Crippen LogP contribution is -2.33. The topological polar surface area (TPSA) is 23.1 Å². The van der Waals surface area contributed by atoms with Crippen LogP contribution in [-0.2, 0) is 0 Å². The van der Waals surface area contributed by atoms with Gasteiger partial charge in [-0.25, -0.2) is 0 Å². The summed E-state index contributed by atoms with van der Waals surface area (Å²) >= 11 is 0. The van der Waals surface area contributed by atoms with Crippen LogP contribution in [0.3, 0.4) is 0 Å². The molecule has 0 heterocycles. The first kappa shape index (κ1) is 12.0. The monoisotopic (exact) mass is 181 g/mol. The van der Waals surface area contributed by atoms with Gasteiger partial charge < -0.3 is 9.59 Å². The van der Waals surface area contributed by atoms with E-state index >= 15 is 0 Å². The molecule has 0 saturated carbocycles. The zero-order chi connectivity index (χ0) is 10.3. The maximum atomic E-state index is 10.3. The van der Waals surface area contributed by atoms with Crippen molar-refractivity contribution in [1.29, 1.82) is 0 Å². The van der Waals surface area contributed by atoms with Gasteiger partial charge in [-0.3, -0.25) is 0 Å². The van der Waals surface area contributed by atoms with Gasteiger partial charge in [0.25, 0.3) is 0 Å². The van der Waals surface area contributed by atoms with Crippen molar-refractivity contribution in [3.05, 3.63) is 30.3 Å². The third-order valence-electron chi connectivity index (χ3n) is 1.69. The molecule has 2 nitrogen and oxygen atoms in total. The Labute approximate surface area is 81.0 Å². The Kier molecular flexibility index (Phi) is 5.16. The highest BCUT2D eigenvalue weighted by Gasteiger charge is 1.97. The third kappa shape index (κ3) is 8.89. The van der Waals surface area contributed by atoms with Gasteiger partial charge in [-0.1, -0.05) is 30.3 Å². The van der Waals surface area contributed by atoms with Crippen molar-refractivity contribution in [1.82, 2.24) is 0 Å². The van der Waals surface area contributed by atoms with Crippen LogP contribution in [0.4, 0.5) is 0 Å². The van der Waals surface area contributed by atoms with Crippen LogP contribution in [0, 0.1) is 0 Å². The van der Waals surface area contributed by atoms with E-state index in [9.17, 15) is 5.11 Å². The molecule has 0 fully saturated rings. The summed E-state index contributed by atoms with van der Waals surface area (Å²) in [5, 5.41) is 10.3. The highest BCUT2D eigenvalue weighted by atomic mass is 16.3. The van der Waals surface area contributed by atoms with Crippen LogP contribution in [0.15, 0.2) is 30.3 Å². The fraction of sp³-hybridized carbons (Fsp3) is 0.455. The first-order chi connectivity index (χ1) is 5.95. The molecule has 1 rings (SSSR count). The molecule has 0 unspecified atom stereocenters. The molecule has 0 aliphatic carbocycles. The highest BCUT2D eigenvalue weighted by molar-refractivity contribution is 5.17. The van der Waals surface area contributed by atoms with E-state index in [1.165, 1.54) is 18.7 Å². The number of nitrogens with zero attached hydrogens (tertiary/aromatic N) is 1. The highest BCUT2D eigenvalue weighted by Crippen LogP contribution is 1.98. The van der Waals surface area contributed by atoms with Crippen molar-refractivity contribution in [2.75, 3.05) is 27.7 Å². The lowest BCUT2D eigenvalue weighted by molar-refractivity contribution is -0.868. The molecule has 0 spiro atoms. The summed E-state index contributed by atoms with van der Waals surface area (Å²) in [5.41, 5.74) is 0. The molecule has 0 radical (unpaired) electrons. The largest absolute Gasteiger partial charge is 0.872 e. The molecule has 0 N–H and O–H groups in total. The predicted molar refractivity (Wildman–Crippen MR) is 54.5 cm³/mol. The summed E-state index contributed by atoms with van der Waals surface area (Å²) in [4.78, 5) is 0. The second-order valence-electron chi connectivity index (χ2n) is 3.92. The lowest BCUT2D eigenvalue weighted by Gasteiger charge is -2.20. The predicted octanol–water partition coefficient (Wildman–Crippen LogP) is 1.47. The van der Waals surface area contributed by atoms with Crippen LogP contribution in [0.25, 0.3) is 0 Å². The number of benzene rings is 1. The molecule has 74 valence electrons. The molecule has 2 heteroatoms. The second-order valence-corrected chi connectivity index (χ2v) is 3.92. The Morgan fingerprint density at radius 1 is 1.08 bits per heavy atom. The van der Waals surface area contributed by atoms with E-state index in [2.05, 4.69) is 28.1 Å². The molecular formula is C11H19NO. The molecule has 1 aromatic carbocycles. The second kappa shape index (κ2) is 5.60. The normalized spacial score (nSPS) is 10.2. The summed E-state index contributed by atoms with van der Waals surface area (Å²) in [7, 11) is 6.54. The van der Waals surface area contributed by atoms with Crippen molar-refractivity contribution in [3.8, 4) is 5.75 Å². The third-order valence-corrected chi connectivity index (χ3v) is 1.69. The van der Waals surface area contributed by atoms with Gasteiger partial charge in [0.1, 0.15) is 0 Å². The number of quaternary nitrogens is 1. The Balaban J connectivity index is 0.000000226. The summed E-state index contributed by atoms with van der Waals surface area (Å²) in [6.45, 7) is 3.39. The van der Waals surface area contributed by atoms with E-state index < -0.39 is 0 Å². The van der Waals surface area contributed by atoms with Gasteiger partial charge in [-0.2, -0.15) is 0 Å². The van der Waals surface area contributed by atoms with Gasteiger partial charge in [-0.15, -0.1) is 5.75 Å². The lowest BCUT2D eigenvalue weighted by atomic mass is 10.3. The molecule has 0 amide bonds. The van der Waals surface area contributed by atoms with Crippen LogP contribution in [0.2, 0.25) is 0 Å². The number of hydrogen-bond acceptors (Lipinski definition) is 1. The van der Waals surface area contributed by atoms with Gasteiger partial charge in [0.2, 0.25) is 0 Å². The van der Waals surface area contributed by atoms with Gasteiger partial charge in [0.05, 0.1) is 27.7 Å². The Bertz CT molecular complexity index is 213. The van der Waals surface area contributed by atoms with E-state index in [0.29, 0.717) is 0 Å². The standard InChI is InChI=1S/C6H6O.C5H14N/c7-6-4-2-1-3-5-6;1-5-6(2,3)4/h1-5,7H;5H2,1-4H3/q;+1/p-1. The Morgan fingerprint density at radius 3 is 1.62 bits per heavy atom. The average molecular weight is 181 g/mol. The average Bonchev–Trinajstić information content (AvgIpc) is 2.06. The van der Waals surface area contributed by atoms with E-state index in [4.69, 9.17) is 0 Å². The zero-order valence-electron chi connectivity index (χ0n) is 8.95. The van der Waals surface area contributed by atoms with Crippen LogP contribution >= 0.6 is 0 Å². The summed E-state index contributed by atoms with van der Waals surface area (Å²) in [5.74, 6) is 0.0718. The molecule has 0 aliphatic heterocycles. The van der Waals surface area contributed by atoms with Gasteiger partial charge in [0.15, 0.2) is 0 Å². The van der Waals surface area contributed by atoms with Crippen LogP contribution in [-0.4, -0.2) is 32.2 Å². The van der Waals surface area contributed by atoms with Crippen LogP contribution < -0.4 is 5.11 Å². The molecule has 0 bridgehead atoms. The van der Waals surface area contributed by atoms with Crippen molar-refractivity contribution < 1.29 is 9.59 Å². The van der Waals surface area contributed by atoms with Crippen molar-refractivity contribution in [2.45, 2.75) is 6.92 Å². The van der Waals surface area contributed by atoms with Crippen molar-refractivity contribution in [3.63, 3.8) is 0 Å². The fourth-order valence-corrected chi connectivity index (χ4v) is 0.420. The van der Waals surface area contributed by atoms with E-state index in [1.54, 1.807) is 12.1 Å². The van der Waals surface area contributed by atoms with Gasteiger partial charge in [-0.05, 0) is 6.92 Å². The molecule has 0 atom stereocenters. The molecule has 1 aromatic rings. The molecule has 13 heavy (non-hydrogen) atoms. The molecular weight excluding hydrogens is 162 g/mol. The quantitative estimate of drug-likeness (QED) is 0.602. The first-order valence-electron chi connectivity index (χ1n) is 4.48. The Hall–Kier alpha value is -1.02. The maximum Gasteiger partial charge on any atom is 0.0751 e. The fourth-order valence-electron chi connectivity index (χ4n) is 0.420.